The highest BCUT2D eigenvalue weighted by molar-refractivity contribution is 5.91. The number of amides is 1. The summed E-state index contributed by atoms with van der Waals surface area (Å²) in [5, 5.41) is 0. The minimum Gasteiger partial charge on any atom is -0.399 e. The summed E-state index contributed by atoms with van der Waals surface area (Å²) in [7, 11) is 0. The first-order valence-corrected chi connectivity index (χ1v) is 6.29. The quantitative estimate of drug-likeness (QED) is 0.809. The van der Waals surface area contributed by atoms with Crippen LogP contribution in [0.5, 0.6) is 0 Å². The van der Waals surface area contributed by atoms with Gasteiger partial charge in [0.15, 0.2) is 0 Å². The van der Waals surface area contributed by atoms with Crippen molar-refractivity contribution in [1.82, 2.24) is 4.90 Å². The summed E-state index contributed by atoms with van der Waals surface area (Å²) in [6.45, 7) is 5.62. The Labute approximate surface area is 103 Å². The first-order valence-electron chi connectivity index (χ1n) is 6.29. The topological polar surface area (TPSA) is 46.3 Å². The molecule has 0 aliphatic heterocycles. The van der Waals surface area contributed by atoms with E-state index in [9.17, 15) is 4.79 Å². The molecular weight excluding hydrogens is 212 g/mol. The molecule has 1 aromatic carbocycles. The molecule has 0 spiro atoms. The van der Waals surface area contributed by atoms with Gasteiger partial charge in [0, 0.05) is 18.8 Å². The summed E-state index contributed by atoms with van der Waals surface area (Å²) in [5.41, 5.74) is 7.30. The Morgan fingerprint density at radius 2 is 1.76 bits per heavy atom. The van der Waals surface area contributed by atoms with Gasteiger partial charge in [-0.05, 0) is 44.4 Å². The number of nitrogen functional groups attached to an aromatic ring is 1. The zero-order valence-corrected chi connectivity index (χ0v) is 10.6. The second-order valence-electron chi connectivity index (χ2n) is 4.68. The van der Waals surface area contributed by atoms with Crippen LogP contribution in [0.3, 0.4) is 0 Å². The lowest BCUT2D eigenvalue weighted by Crippen LogP contribution is -2.39. The van der Waals surface area contributed by atoms with Gasteiger partial charge < -0.3 is 10.6 Å². The van der Waals surface area contributed by atoms with E-state index in [0.717, 1.165) is 37.2 Å². The first kappa shape index (κ1) is 12.0. The maximum atomic E-state index is 12.5. The van der Waals surface area contributed by atoms with Crippen molar-refractivity contribution in [2.75, 3.05) is 18.8 Å². The van der Waals surface area contributed by atoms with Crippen molar-refractivity contribution in [3.8, 4) is 0 Å². The van der Waals surface area contributed by atoms with Crippen molar-refractivity contribution in [1.29, 1.82) is 0 Å². The van der Waals surface area contributed by atoms with Crippen LogP contribution >= 0.6 is 0 Å². The molecule has 0 atom stereocenters. The van der Waals surface area contributed by atoms with Crippen molar-refractivity contribution in [2.45, 2.75) is 32.1 Å². The third kappa shape index (κ3) is 2.02. The number of rotatable bonds is 4. The highest BCUT2D eigenvalue weighted by atomic mass is 16.2. The third-order valence-corrected chi connectivity index (χ3v) is 3.67. The van der Waals surface area contributed by atoms with Crippen LogP contribution < -0.4 is 5.73 Å². The molecule has 1 fully saturated rings. The lowest BCUT2D eigenvalue weighted by atomic mass is 9.94. The standard InChI is InChI=1S/C14H20N2O/c1-3-16(4-2)13(17)14(9-10-14)11-5-7-12(15)8-6-11/h5-8H,3-4,9-10,15H2,1-2H3. The molecule has 17 heavy (non-hydrogen) atoms. The smallest absolute Gasteiger partial charge is 0.233 e. The van der Waals surface area contributed by atoms with E-state index in [1.165, 1.54) is 0 Å². The van der Waals surface area contributed by atoms with Gasteiger partial charge in [0.25, 0.3) is 0 Å². The van der Waals surface area contributed by atoms with Gasteiger partial charge in [-0.1, -0.05) is 12.1 Å². The minimum absolute atomic E-state index is 0.250. The Balaban J connectivity index is 2.25. The molecule has 1 aromatic rings. The molecule has 0 bridgehead atoms. The van der Waals surface area contributed by atoms with Crippen LogP contribution in [0.2, 0.25) is 0 Å². The molecule has 0 saturated heterocycles. The highest BCUT2D eigenvalue weighted by Gasteiger charge is 2.52. The van der Waals surface area contributed by atoms with Crippen LogP contribution in [0.15, 0.2) is 24.3 Å². The molecule has 2 N–H and O–H groups in total. The van der Waals surface area contributed by atoms with Crippen LogP contribution in [-0.2, 0) is 10.2 Å². The van der Waals surface area contributed by atoms with E-state index >= 15 is 0 Å². The molecule has 3 heteroatoms. The Kier molecular flexibility index (Phi) is 3.09. The van der Waals surface area contributed by atoms with E-state index in [2.05, 4.69) is 0 Å². The number of likely N-dealkylation sites (N-methyl/N-ethyl adjacent to an activating group) is 1. The molecule has 0 radical (unpaired) electrons. The fraction of sp³-hybridized carbons (Fsp3) is 0.500. The fourth-order valence-electron chi connectivity index (χ4n) is 2.37. The average molecular weight is 232 g/mol. The van der Waals surface area contributed by atoms with Crippen molar-refractivity contribution >= 4 is 11.6 Å². The van der Waals surface area contributed by atoms with Crippen LogP contribution in [0.4, 0.5) is 5.69 Å². The highest BCUT2D eigenvalue weighted by Crippen LogP contribution is 2.49. The van der Waals surface area contributed by atoms with Crippen LogP contribution in [0.25, 0.3) is 0 Å². The molecule has 0 unspecified atom stereocenters. The van der Waals surface area contributed by atoms with Gasteiger partial charge in [-0.15, -0.1) is 0 Å². The summed E-state index contributed by atoms with van der Waals surface area (Å²) in [6.07, 6.45) is 1.93. The predicted molar refractivity (Wildman–Crippen MR) is 69.7 cm³/mol. The number of nitrogens with zero attached hydrogens (tertiary/aromatic N) is 1. The molecule has 0 heterocycles. The second-order valence-corrected chi connectivity index (χ2v) is 4.68. The summed E-state index contributed by atoms with van der Waals surface area (Å²) in [6, 6.07) is 7.74. The average Bonchev–Trinajstić information content (AvgIpc) is 3.13. The zero-order valence-electron chi connectivity index (χ0n) is 10.6. The van der Waals surface area contributed by atoms with E-state index in [1.54, 1.807) is 0 Å². The van der Waals surface area contributed by atoms with Gasteiger partial charge in [0.2, 0.25) is 5.91 Å². The van der Waals surface area contributed by atoms with Crippen LogP contribution in [-0.4, -0.2) is 23.9 Å². The monoisotopic (exact) mass is 232 g/mol. The summed E-state index contributed by atoms with van der Waals surface area (Å²) < 4.78 is 0. The van der Waals surface area contributed by atoms with Gasteiger partial charge in [0.05, 0.1) is 5.41 Å². The van der Waals surface area contributed by atoms with E-state index in [0.29, 0.717) is 0 Å². The van der Waals surface area contributed by atoms with Crippen molar-refractivity contribution < 1.29 is 4.79 Å². The van der Waals surface area contributed by atoms with Gasteiger partial charge in [-0.3, -0.25) is 4.79 Å². The number of hydrogen-bond donors (Lipinski definition) is 1. The number of carbonyl (C=O) groups excluding carboxylic acids is 1. The van der Waals surface area contributed by atoms with Crippen molar-refractivity contribution in [3.05, 3.63) is 29.8 Å². The Morgan fingerprint density at radius 1 is 1.24 bits per heavy atom. The second kappa shape index (κ2) is 4.40. The van der Waals surface area contributed by atoms with Gasteiger partial charge in [-0.2, -0.15) is 0 Å². The number of anilines is 1. The lowest BCUT2D eigenvalue weighted by molar-refractivity contribution is -0.133. The van der Waals surface area contributed by atoms with E-state index in [4.69, 9.17) is 5.73 Å². The molecule has 1 saturated carbocycles. The summed E-state index contributed by atoms with van der Waals surface area (Å²) in [5.74, 6) is 0.271. The van der Waals surface area contributed by atoms with E-state index < -0.39 is 0 Å². The molecule has 92 valence electrons. The third-order valence-electron chi connectivity index (χ3n) is 3.67. The molecule has 1 amide bonds. The van der Waals surface area contributed by atoms with Gasteiger partial charge >= 0.3 is 0 Å². The number of hydrogen-bond acceptors (Lipinski definition) is 2. The minimum atomic E-state index is -0.250. The molecule has 0 aromatic heterocycles. The van der Waals surface area contributed by atoms with Gasteiger partial charge in [-0.25, -0.2) is 0 Å². The van der Waals surface area contributed by atoms with Crippen molar-refractivity contribution in [3.63, 3.8) is 0 Å². The molecule has 3 nitrogen and oxygen atoms in total. The fourth-order valence-corrected chi connectivity index (χ4v) is 2.37. The van der Waals surface area contributed by atoms with Crippen molar-refractivity contribution in [2.24, 2.45) is 0 Å². The molecule has 1 aliphatic carbocycles. The lowest BCUT2D eigenvalue weighted by Gasteiger charge is -2.25. The Hall–Kier alpha value is -1.51. The maximum absolute atomic E-state index is 12.5. The van der Waals surface area contributed by atoms with Crippen LogP contribution in [0, 0.1) is 0 Å². The first-order chi connectivity index (χ1) is 8.14. The van der Waals surface area contributed by atoms with Gasteiger partial charge in [0.1, 0.15) is 0 Å². The summed E-state index contributed by atoms with van der Waals surface area (Å²) in [4.78, 5) is 14.4. The largest absolute Gasteiger partial charge is 0.399 e. The number of carbonyl (C=O) groups is 1. The molecular formula is C14H20N2O. The maximum Gasteiger partial charge on any atom is 0.233 e. The normalized spacial score (nSPS) is 16.6. The zero-order chi connectivity index (χ0) is 12.5. The summed E-state index contributed by atoms with van der Waals surface area (Å²) >= 11 is 0. The number of nitrogens with two attached hydrogens (primary N) is 1. The van der Waals surface area contributed by atoms with E-state index in [1.807, 2.05) is 43.0 Å². The predicted octanol–water partition coefficient (Wildman–Crippen LogP) is 2.17. The SMILES string of the molecule is CCN(CC)C(=O)C1(c2ccc(N)cc2)CC1. The van der Waals surface area contributed by atoms with E-state index in [-0.39, 0.29) is 11.3 Å². The molecule has 2 rings (SSSR count). The Morgan fingerprint density at radius 3 is 2.18 bits per heavy atom. The molecule has 1 aliphatic rings. The van der Waals surface area contributed by atoms with Crippen LogP contribution in [0.1, 0.15) is 32.3 Å². The number of benzene rings is 1. The Bertz CT molecular complexity index is 403.